The lowest BCUT2D eigenvalue weighted by Crippen LogP contribution is -1.96. The molecule has 78 valence electrons. The van der Waals surface area contributed by atoms with E-state index in [1.54, 1.807) is 0 Å². The topological polar surface area (TPSA) is 20.2 Å². The van der Waals surface area contributed by atoms with Crippen LogP contribution in [0.15, 0.2) is 36.4 Å². The third-order valence-corrected chi connectivity index (χ3v) is 3.73. The zero-order valence-corrected chi connectivity index (χ0v) is 9.85. The molecule has 0 aliphatic carbocycles. The van der Waals surface area contributed by atoms with E-state index in [2.05, 4.69) is 0 Å². The Kier molecular flexibility index (Phi) is 3.10. The van der Waals surface area contributed by atoms with Crippen LogP contribution in [0.5, 0.6) is 0 Å². The standard InChI is InChI=1S/C12H11ClOS/c1-8-7-10(13)12(15-8)11(14)9-5-3-2-4-6-9/h2-7,11,14H,1H3. The maximum Gasteiger partial charge on any atom is 0.115 e. The van der Waals surface area contributed by atoms with Gasteiger partial charge in [0.25, 0.3) is 0 Å². The number of aryl methyl sites for hydroxylation is 1. The molecule has 0 saturated carbocycles. The second-order valence-corrected chi connectivity index (χ2v) is 5.08. The molecule has 3 heteroatoms. The fourth-order valence-corrected chi connectivity index (χ4v) is 2.85. The molecule has 0 spiro atoms. The van der Waals surface area contributed by atoms with Crippen molar-refractivity contribution in [2.75, 3.05) is 0 Å². The Morgan fingerprint density at radius 1 is 1.27 bits per heavy atom. The van der Waals surface area contributed by atoms with Crippen LogP contribution in [0.1, 0.15) is 21.4 Å². The van der Waals surface area contributed by atoms with Crippen molar-refractivity contribution < 1.29 is 5.11 Å². The molecule has 0 aliphatic heterocycles. The molecule has 0 aliphatic rings. The monoisotopic (exact) mass is 238 g/mol. The first kappa shape index (κ1) is 10.7. The largest absolute Gasteiger partial charge is 0.383 e. The van der Waals surface area contributed by atoms with Crippen LogP contribution in [0.2, 0.25) is 5.02 Å². The second kappa shape index (κ2) is 4.35. The highest BCUT2D eigenvalue weighted by molar-refractivity contribution is 7.12. The Bertz CT molecular complexity index is 450. The maximum atomic E-state index is 10.1. The quantitative estimate of drug-likeness (QED) is 0.844. The van der Waals surface area contributed by atoms with Crippen molar-refractivity contribution in [1.29, 1.82) is 0 Å². The third kappa shape index (κ3) is 2.23. The van der Waals surface area contributed by atoms with Crippen LogP contribution in [0.25, 0.3) is 0 Å². The lowest BCUT2D eigenvalue weighted by molar-refractivity contribution is 0.224. The Balaban J connectivity index is 2.36. The summed E-state index contributed by atoms with van der Waals surface area (Å²) in [6.45, 7) is 1.98. The summed E-state index contributed by atoms with van der Waals surface area (Å²) in [6, 6.07) is 11.4. The summed E-state index contributed by atoms with van der Waals surface area (Å²) >= 11 is 7.58. The summed E-state index contributed by atoms with van der Waals surface area (Å²) in [4.78, 5) is 1.94. The number of aliphatic hydroxyl groups is 1. The summed E-state index contributed by atoms with van der Waals surface area (Å²) in [5.41, 5.74) is 0.876. The Hall–Kier alpha value is -0.830. The summed E-state index contributed by atoms with van der Waals surface area (Å²) < 4.78 is 0. The molecule has 1 aromatic carbocycles. The lowest BCUT2D eigenvalue weighted by Gasteiger charge is -2.09. The molecule has 0 fully saturated rings. The van der Waals surface area contributed by atoms with E-state index in [-0.39, 0.29) is 0 Å². The zero-order chi connectivity index (χ0) is 10.8. The average Bonchev–Trinajstić information content (AvgIpc) is 2.58. The van der Waals surface area contributed by atoms with Gasteiger partial charge in [0.2, 0.25) is 0 Å². The van der Waals surface area contributed by atoms with E-state index in [1.807, 2.05) is 43.3 Å². The van der Waals surface area contributed by atoms with Gasteiger partial charge in [0.05, 0.1) is 9.90 Å². The Morgan fingerprint density at radius 3 is 2.47 bits per heavy atom. The smallest absolute Gasteiger partial charge is 0.115 e. The van der Waals surface area contributed by atoms with Gasteiger partial charge in [-0.2, -0.15) is 0 Å². The lowest BCUT2D eigenvalue weighted by atomic mass is 10.1. The van der Waals surface area contributed by atoms with E-state index < -0.39 is 6.10 Å². The van der Waals surface area contributed by atoms with Crippen molar-refractivity contribution in [3.05, 3.63) is 56.7 Å². The molecule has 1 N–H and O–H groups in total. The number of hydrogen-bond donors (Lipinski definition) is 1. The van der Waals surface area contributed by atoms with Crippen LogP contribution >= 0.6 is 22.9 Å². The summed E-state index contributed by atoms with van der Waals surface area (Å²) in [5.74, 6) is 0. The molecule has 0 bridgehead atoms. The number of aliphatic hydroxyl groups excluding tert-OH is 1. The first-order valence-electron chi connectivity index (χ1n) is 4.67. The molecule has 1 aromatic heterocycles. The summed E-state index contributed by atoms with van der Waals surface area (Å²) in [7, 11) is 0. The van der Waals surface area contributed by atoms with Crippen LogP contribution in [0.3, 0.4) is 0 Å². The minimum atomic E-state index is -0.614. The highest BCUT2D eigenvalue weighted by atomic mass is 35.5. The van der Waals surface area contributed by atoms with Crippen LogP contribution < -0.4 is 0 Å². The SMILES string of the molecule is Cc1cc(Cl)c(C(O)c2ccccc2)s1. The van der Waals surface area contributed by atoms with E-state index in [0.29, 0.717) is 5.02 Å². The number of benzene rings is 1. The van der Waals surface area contributed by atoms with Gasteiger partial charge in [-0.05, 0) is 18.6 Å². The van der Waals surface area contributed by atoms with Gasteiger partial charge >= 0.3 is 0 Å². The molecular weight excluding hydrogens is 228 g/mol. The molecule has 1 heterocycles. The van der Waals surface area contributed by atoms with E-state index >= 15 is 0 Å². The molecule has 0 amide bonds. The Morgan fingerprint density at radius 2 is 1.93 bits per heavy atom. The van der Waals surface area contributed by atoms with Crippen LogP contribution in [-0.4, -0.2) is 5.11 Å². The minimum Gasteiger partial charge on any atom is -0.383 e. The van der Waals surface area contributed by atoms with Crippen molar-refractivity contribution in [1.82, 2.24) is 0 Å². The van der Waals surface area contributed by atoms with Crippen molar-refractivity contribution in [2.24, 2.45) is 0 Å². The normalized spacial score (nSPS) is 12.7. The van der Waals surface area contributed by atoms with Gasteiger partial charge in [0.1, 0.15) is 6.10 Å². The van der Waals surface area contributed by atoms with E-state index in [4.69, 9.17) is 11.6 Å². The average molecular weight is 239 g/mol. The van der Waals surface area contributed by atoms with Gasteiger partial charge in [0.15, 0.2) is 0 Å². The first-order valence-corrected chi connectivity index (χ1v) is 5.87. The fraction of sp³-hybridized carbons (Fsp3) is 0.167. The number of rotatable bonds is 2. The van der Waals surface area contributed by atoms with Gasteiger partial charge in [-0.15, -0.1) is 11.3 Å². The van der Waals surface area contributed by atoms with Crippen molar-refractivity contribution in [3.63, 3.8) is 0 Å². The van der Waals surface area contributed by atoms with Crippen molar-refractivity contribution >= 4 is 22.9 Å². The van der Waals surface area contributed by atoms with Gasteiger partial charge in [0, 0.05) is 4.88 Å². The molecule has 2 aromatic rings. The van der Waals surface area contributed by atoms with E-state index in [1.165, 1.54) is 11.3 Å². The molecule has 1 atom stereocenters. The highest BCUT2D eigenvalue weighted by Crippen LogP contribution is 2.34. The number of hydrogen-bond acceptors (Lipinski definition) is 2. The third-order valence-electron chi connectivity index (χ3n) is 2.20. The molecule has 1 nitrogen and oxygen atoms in total. The maximum absolute atomic E-state index is 10.1. The van der Waals surface area contributed by atoms with E-state index in [9.17, 15) is 5.11 Å². The minimum absolute atomic E-state index is 0.614. The first-order chi connectivity index (χ1) is 7.18. The van der Waals surface area contributed by atoms with Gasteiger partial charge in [-0.1, -0.05) is 41.9 Å². The molecule has 0 radical (unpaired) electrons. The van der Waals surface area contributed by atoms with Gasteiger partial charge in [-0.3, -0.25) is 0 Å². The van der Waals surface area contributed by atoms with Gasteiger partial charge in [-0.25, -0.2) is 0 Å². The Labute approximate surface area is 98.0 Å². The predicted molar refractivity (Wildman–Crippen MR) is 64.6 cm³/mol. The fourth-order valence-electron chi connectivity index (χ4n) is 1.47. The van der Waals surface area contributed by atoms with Crippen LogP contribution in [0, 0.1) is 6.92 Å². The molecular formula is C12H11ClOS. The predicted octanol–water partition coefficient (Wildman–Crippen LogP) is 3.79. The second-order valence-electron chi connectivity index (χ2n) is 3.38. The zero-order valence-electron chi connectivity index (χ0n) is 8.27. The van der Waals surface area contributed by atoms with Crippen molar-refractivity contribution in [2.45, 2.75) is 13.0 Å². The van der Waals surface area contributed by atoms with Crippen molar-refractivity contribution in [3.8, 4) is 0 Å². The molecule has 2 rings (SSSR count). The summed E-state index contributed by atoms with van der Waals surface area (Å²) in [6.07, 6.45) is -0.614. The van der Waals surface area contributed by atoms with Crippen LogP contribution in [0.4, 0.5) is 0 Å². The molecule has 15 heavy (non-hydrogen) atoms. The number of thiophene rings is 1. The summed E-state index contributed by atoms with van der Waals surface area (Å²) in [5, 5.41) is 10.8. The highest BCUT2D eigenvalue weighted by Gasteiger charge is 2.15. The van der Waals surface area contributed by atoms with E-state index in [0.717, 1.165) is 15.3 Å². The van der Waals surface area contributed by atoms with Crippen LogP contribution in [-0.2, 0) is 0 Å². The molecule has 0 saturated heterocycles. The van der Waals surface area contributed by atoms with Gasteiger partial charge < -0.3 is 5.11 Å². The number of halogens is 1. The molecule has 1 unspecified atom stereocenters.